The first-order valence-electron chi connectivity index (χ1n) is 13.5. The minimum atomic E-state index is -0.768. The molecule has 0 unspecified atom stereocenters. The van der Waals surface area contributed by atoms with E-state index in [2.05, 4.69) is 10.3 Å². The van der Waals surface area contributed by atoms with Crippen molar-refractivity contribution in [2.75, 3.05) is 25.5 Å². The van der Waals surface area contributed by atoms with Gasteiger partial charge in [-0.25, -0.2) is 8.78 Å². The van der Waals surface area contributed by atoms with Gasteiger partial charge in [0, 0.05) is 68.4 Å². The van der Waals surface area contributed by atoms with E-state index in [0.717, 1.165) is 6.07 Å². The number of anilines is 1. The molecule has 1 fully saturated rings. The smallest absolute Gasteiger partial charge is 0.268 e. The zero-order chi connectivity index (χ0) is 30.9. The average molecular weight is 588 g/mol. The number of carbonyl (C=O) groups is 2. The third-order valence-electron chi connectivity index (χ3n) is 6.63. The largest absolute Gasteiger partial charge is 0.454 e. The van der Waals surface area contributed by atoms with Gasteiger partial charge in [-0.15, -0.1) is 0 Å². The van der Waals surface area contributed by atoms with E-state index in [0.29, 0.717) is 43.0 Å². The molecule has 0 saturated carbocycles. The normalized spacial score (nSPS) is 14.5. The molecule has 0 bridgehead atoms. The van der Waals surface area contributed by atoms with Crippen molar-refractivity contribution >= 4 is 23.6 Å². The summed E-state index contributed by atoms with van der Waals surface area (Å²) in [5.74, 6) is -1.64. The molecular weight excluding hydrogens is 556 g/mol. The van der Waals surface area contributed by atoms with Crippen molar-refractivity contribution in [3.63, 3.8) is 0 Å². The van der Waals surface area contributed by atoms with Crippen LogP contribution in [0.1, 0.15) is 28.9 Å². The summed E-state index contributed by atoms with van der Waals surface area (Å²) in [5.41, 5.74) is 6.44. The number of aryl methyl sites for hydroxylation is 1. The molecule has 3 N–H and O–H groups in total. The lowest BCUT2D eigenvalue weighted by atomic mass is 10.1. The van der Waals surface area contributed by atoms with Crippen LogP contribution in [0.4, 0.5) is 14.5 Å². The molecule has 9 nitrogen and oxygen atoms in total. The predicted octanol–water partition coefficient (Wildman–Crippen LogP) is 4.66. The second kappa shape index (κ2) is 14.0. The minimum Gasteiger partial charge on any atom is -0.454 e. The summed E-state index contributed by atoms with van der Waals surface area (Å²) in [6.45, 7) is 2.73. The molecule has 43 heavy (non-hydrogen) atoms. The van der Waals surface area contributed by atoms with Crippen molar-refractivity contribution in [3.05, 3.63) is 124 Å². The second-order valence-electron chi connectivity index (χ2n) is 9.64. The second-order valence-corrected chi connectivity index (χ2v) is 9.64. The Kier molecular flexibility index (Phi) is 10.00. The highest BCUT2D eigenvalue weighted by Crippen LogP contribution is 2.25. The number of nitrogens with two attached hydrogens (primary N) is 1. The highest BCUT2D eigenvalue weighted by molar-refractivity contribution is 6.04. The molecule has 1 aliphatic heterocycles. The number of likely N-dealkylation sites (tertiary alicyclic amines) is 1. The van der Waals surface area contributed by atoms with Gasteiger partial charge in [0.15, 0.2) is 11.6 Å². The molecule has 0 aliphatic carbocycles. The van der Waals surface area contributed by atoms with Crippen LogP contribution in [0.2, 0.25) is 0 Å². The molecule has 11 heteroatoms. The van der Waals surface area contributed by atoms with Crippen molar-refractivity contribution in [3.8, 4) is 11.4 Å². The van der Waals surface area contributed by atoms with Gasteiger partial charge in [-0.05, 0) is 73.8 Å². The number of nitrogens with one attached hydrogen (secondary N) is 1. The first-order chi connectivity index (χ1) is 20.7. The van der Waals surface area contributed by atoms with Crippen LogP contribution in [0.15, 0.2) is 100 Å². The number of ether oxygens (including phenoxy) is 1. The number of nitrogens with zero attached hydrogens (tertiary/aromatic N) is 3. The van der Waals surface area contributed by atoms with Crippen molar-refractivity contribution < 1.29 is 23.1 Å². The lowest BCUT2D eigenvalue weighted by Crippen LogP contribution is -2.33. The Morgan fingerprint density at radius 3 is 2.42 bits per heavy atom. The van der Waals surface area contributed by atoms with Gasteiger partial charge in [0.2, 0.25) is 0 Å². The van der Waals surface area contributed by atoms with Crippen LogP contribution in [0.25, 0.3) is 5.69 Å². The summed E-state index contributed by atoms with van der Waals surface area (Å²) in [4.78, 5) is 43.9. The quantitative estimate of drug-likeness (QED) is 0.214. The summed E-state index contributed by atoms with van der Waals surface area (Å²) in [6.07, 6.45) is 8.51. The van der Waals surface area contributed by atoms with Crippen molar-refractivity contribution in [2.45, 2.75) is 19.8 Å². The van der Waals surface area contributed by atoms with E-state index < -0.39 is 23.1 Å². The first-order valence-corrected chi connectivity index (χ1v) is 13.5. The Balaban J connectivity index is 1.55. The van der Waals surface area contributed by atoms with Gasteiger partial charge >= 0.3 is 0 Å². The number of rotatable bonds is 9. The molecule has 1 amide bonds. The van der Waals surface area contributed by atoms with E-state index in [1.54, 1.807) is 38.4 Å². The molecule has 1 saturated heterocycles. The Hall–Kier alpha value is -5.32. The first kappa shape index (κ1) is 30.6. The zero-order valence-corrected chi connectivity index (χ0v) is 23.7. The summed E-state index contributed by atoms with van der Waals surface area (Å²) in [7, 11) is 1.62. The molecular formula is C32H31F2N5O4. The van der Waals surface area contributed by atoms with Gasteiger partial charge in [-0.2, -0.15) is 0 Å². The highest BCUT2D eigenvalue weighted by Gasteiger charge is 2.19. The molecule has 2 heterocycles. The monoisotopic (exact) mass is 587 g/mol. The number of amides is 1. The van der Waals surface area contributed by atoms with Gasteiger partial charge in [-0.3, -0.25) is 23.9 Å². The summed E-state index contributed by atoms with van der Waals surface area (Å²) >= 11 is 0. The maximum Gasteiger partial charge on any atom is 0.268 e. The molecule has 4 rings (SSSR count). The third-order valence-corrected chi connectivity index (χ3v) is 6.63. The number of pyridine rings is 1. The van der Waals surface area contributed by atoms with Crippen LogP contribution >= 0.6 is 0 Å². The number of Topliss-reactive ketones (excluding diaryl/α,β-unsaturated/α-hetero) is 1. The Labute approximate surface area is 247 Å². The summed E-state index contributed by atoms with van der Waals surface area (Å²) in [6, 6.07) is 12.1. The molecule has 2 aromatic carbocycles. The van der Waals surface area contributed by atoms with Gasteiger partial charge in [0.1, 0.15) is 22.9 Å². The van der Waals surface area contributed by atoms with Gasteiger partial charge < -0.3 is 20.7 Å². The number of halogens is 2. The van der Waals surface area contributed by atoms with E-state index >= 15 is 4.39 Å². The summed E-state index contributed by atoms with van der Waals surface area (Å²) in [5, 5.41) is 2.54. The van der Waals surface area contributed by atoms with Gasteiger partial charge in [0.25, 0.3) is 11.5 Å². The van der Waals surface area contributed by atoms with E-state index in [4.69, 9.17) is 10.5 Å². The van der Waals surface area contributed by atoms with Crippen LogP contribution in [-0.4, -0.2) is 47.5 Å². The van der Waals surface area contributed by atoms with Crippen molar-refractivity contribution in [1.29, 1.82) is 0 Å². The zero-order valence-electron chi connectivity index (χ0n) is 23.7. The topological polar surface area (TPSA) is 119 Å². The number of piperidine rings is 1. The fourth-order valence-corrected chi connectivity index (χ4v) is 4.47. The number of allylic oxidation sites excluding steroid dienone is 4. The predicted molar refractivity (Wildman–Crippen MR) is 161 cm³/mol. The SMILES string of the molecule is CN=CC(=CC(=CC=CN)Oc1ccc(NC(=O)c2ccc(C)n(-c3ccc(F)cc3)c2=O)cc1F)N1CCC(=O)CC1. The lowest BCUT2D eigenvalue weighted by molar-refractivity contribution is -0.121. The van der Waals surface area contributed by atoms with Crippen LogP contribution in [0.5, 0.6) is 5.75 Å². The number of aromatic nitrogens is 1. The fraction of sp³-hybridized carbons (Fsp3) is 0.188. The third kappa shape index (κ3) is 7.70. The van der Waals surface area contributed by atoms with Crippen LogP contribution < -0.4 is 21.3 Å². The van der Waals surface area contributed by atoms with E-state index in [1.807, 2.05) is 4.90 Å². The molecule has 1 aromatic heterocycles. The Morgan fingerprint density at radius 2 is 1.77 bits per heavy atom. The van der Waals surface area contributed by atoms with Crippen LogP contribution in [-0.2, 0) is 4.79 Å². The molecule has 3 aromatic rings. The highest BCUT2D eigenvalue weighted by atomic mass is 19.1. The van der Waals surface area contributed by atoms with Gasteiger partial charge in [-0.1, -0.05) is 0 Å². The Bertz CT molecular complexity index is 1680. The number of ketones is 1. The van der Waals surface area contributed by atoms with E-state index in [1.165, 1.54) is 59.3 Å². The number of benzene rings is 2. The van der Waals surface area contributed by atoms with Crippen LogP contribution in [0, 0.1) is 18.6 Å². The molecule has 0 radical (unpaired) electrons. The van der Waals surface area contributed by atoms with Crippen molar-refractivity contribution in [1.82, 2.24) is 9.47 Å². The molecule has 0 spiro atoms. The standard InChI is InChI=1S/C32H31F2N5O4/c1-21-5-11-28(32(42)39(21)24-9-6-22(33)7-10-24)31(41)37-23-8-12-30(29(34)18-23)43-27(4-3-15-35)19-25(20-36-2)38-16-13-26(40)14-17-38/h3-12,15,18-20H,13-14,16-17,35H2,1-2H3,(H,37,41). The number of aliphatic imine (C=N–C) groups is 1. The van der Waals surface area contributed by atoms with Crippen molar-refractivity contribution in [2.24, 2.45) is 10.7 Å². The Morgan fingerprint density at radius 1 is 1.05 bits per heavy atom. The number of hydrogen-bond acceptors (Lipinski definition) is 7. The summed E-state index contributed by atoms with van der Waals surface area (Å²) < 4.78 is 35.7. The number of carbonyl (C=O) groups excluding carboxylic acids is 2. The van der Waals surface area contributed by atoms with Crippen LogP contribution in [0.3, 0.4) is 0 Å². The van der Waals surface area contributed by atoms with E-state index in [9.17, 15) is 18.8 Å². The molecule has 1 aliphatic rings. The van der Waals surface area contributed by atoms with E-state index in [-0.39, 0.29) is 28.5 Å². The molecule has 0 atom stereocenters. The fourth-order valence-electron chi connectivity index (χ4n) is 4.47. The molecule has 222 valence electrons. The minimum absolute atomic E-state index is 0.0999. The maximum absolute atomic E-state index is 15.2. The van der Waals surface area contributed by atoms with Gasteiger partial charge in [0.05, 0.1) is 5.70 Å². The number of hydrogen-bond donors (Lipinski definition) is 2. The maximum atomic E-state index is 15.2. The average Bonchev–Trinajstić information content (AvgIpc) is 2.98. The lowest BCUT2D eigenvalue weighted by Gasteiger charge is -2.28.